The molecule has 0 aliphatic rings. The molecule has 0 aliphatic carbocycles. The van der Waals surface area contributed by atoms with Gasteiger partial charge in [-0.15, -0.1) is 0 Å². The summed E-state index contributed by atoms with van der Waals surface area (Å²) in [5.41, 5.74) is 4.14. The molecule has 2 amide bonds. The number of aromatic nitrogens is 2. The third kappa shape index (κ3) is 7.10. The molecule has 4 aromatic rings. The highest BCUT2D eigenvalue weighted by molar-refractivity contribution is 6.30. The molecule has 0 bridgehead atoms. The minimum atomic E-state index is -0.338. The summed E-state index contributed by atoms with van der Waals surface area (Å²) in [6.45, 7) is 8.62. The van der Waals surface area contributed by atoms with Crippen molar-refractivity contribution < 1.29 is 14.3 Å². The van der Waals surface area contributed by atoms with E-state index in [2.05, 4.69) is 31.3 Å². The summed E-state index contributed by atoms with van der Waals surface area (Å²) in [4.78, 5) is 32.9. The van der Waals surface area contributed by atoms with Crippen LogP contribution in [0.15, 0.2) is 79.0 Å². The summed E-state index contributed by atoms with van der Waals surface area (Å²) in [5, 5.41) is 3.50. The number of imidazole rings is 1. The summed E-state index contributed by atoms with van der Waals surface area (Å²) in [6.07, 6.45) is 1.90. The fraction of sp³-hybridized carbons (Fsp3) is 0.281. The fourth-order valence-corrected chi connectivity index (χ4v) is 4.48. The number of hydrogen-bond acceptors (Lipinski definition) is 4. The first-order valence-electron chi connectivity index (χ1n) is 13.3. The zero-order valence-electron chi connectivity index (χ0n) is 23.5. The number of amides is 2. The van der Waals surface area contributed by atoms with Crippen molar-refractivity contribution in [3.05, 3.63) is 95.1 Å². The highest BCUT2D eigenvalue weighted by Crippen LogP contribution is 2.27. The van der Waals surface area contributed by atoms with Crippen LogP contribution in [0.1, 0.15) is 49.5 Å². The predicted molar refractivity (Wildman–Crippen MR) is 160 cm³/mol. The van der Waals surface area contributed by atoms with E-state index in [1.165, 1.54) is 5.56 Å². The summed E-state index contributed by atoms with van der Waals surface area (Å²) in [7, 11) is 1.62. The summed E-state index contributed by atoms with van der Waals surface area (Å²) < 4.78 is 7.14. The SMILES string of the molecule is COc1ccc(-c2cn(-c3ccc(C(C)C)cc3)c(NC(=O)CN(CC(C)C)C(=O)c3ccc(Cl)cc3)n2)cc1. The maximum absolute atomic E-state index is 13.4. The molecule has 1 N–H and O–H groups in total. The lowest BCUT2D eigenvalue weighted by Gasteiger charge is -2.24. The van der Waals surface area contributed by atoms with Crippen LogP contribution in [0, 0.1) is 5.92 Å². The third-order valence-corrected chi connectivity index (χ3v) is 6.73. The topological polar surface area (TPSA) is 76.5 Å². The van der Waals surface area contributed by atoms with Gasteiger partial charge in [0, 0.05) is 34.6 Å². The molecule has 0 atom stereocenters. The molecule has 40 heavy (non-hydrogen) atoms. The van der Waals surface area contributed by atoms with E-state index in [0.29, 0.717) is 34.7 Å². The van der Waals surface area contributed by atoms with E-state index in [1.807, 2.05) is 61.0 Å². The molecule has 0 saturated carbocycles. The molecule has 0 spiro atoms. The number of nitrogens with zero attached hydrogens (tertiary/aromatic N) is 3. The van der Waals surface area contributed by atoms with Crippen LogP contribution in [-0.4, -0.2) is 46.5 Å². The molecular formula is C32H35ClN4O3. The Morgan fingerprint density at radius 3 is 2.17 bits per heavy atom. The maximum atomic E-state index is 13.4. The van der Waals surface area contributed by atoms with Crippen molar-refractivity contribution in [3.63, 3.8) is 0 Å². The molecule has 1 heterocycles. The van der Waals surface area contributed by atoms with E-state index < -0.39 is 0 Å². The highest BCUT2D eigenvalue weighted by atomic mass is 35.5. The average molecular weight is 559 g/mol. The van der Waals surface area contributed by atoms with Gasteiger partial charge in [-0.2, -0.15) is 0 Å². The van der Waals surface area contributed by atoms with E-state index in [9.17, 15) is 9.59 Å². The van der Waals surface area contributed by atoms with Crippen LogP contribution in [-0.2, 0) is 4.79 Å². The van der Waals surface area contributed by atoms with Gasteiger partial charge in [0.2, 0.25) is 11.9 Å². The van der Waals surface area contributed by atoms with E-state index in [0.717, 1.165) is 17.0 Å². The Kier molecular flexibility index (Phi) is 9.27. The number of benzene rings is 3. The number of carbonyl (C=O) groups is 2. The number of anilines is 1. The Hall–Kier alpha value is -4.10. The second kappa shape index (κ2) is 12.8. The Labute approximate surface area is 240 Å². The van der Waals surface area contributed by atoms with Crippen molar-refractivity contribution in [1.29, 1.82) is 0 Å². The minimum Gasteiger partial charge on any atom is -0.497 e. The number of hydrogen-bond donors (Lipinski definition) is 1. The van der Waals surface area contributed by atoms with Crippen LogP contribution < -0.4 is 10.1 Å². The van der Waals surface area contributed by atoms with E-state index in [4.69, 9.17) is 21.3 Å². The molecule has 4 rings (SSSR count). The number of rotatable bonds is 10. The van der Waals surface area contributed by atoms with E-state index in [-0.39, 0.29) is 24.3 Å². The molecular weight excluding hydrogens is 524 g/mol. The van der Waals surface area contributed by atoms with Gasteiger partial charge in [0.1, 0.15) is 12.3 Å². The third-order valence-electron chi connectivity index (χ3n) is 6.48. The van der Waals surface area contributed by atoms with Crippen LogP contribution in [0.2, 0.25) is 5.02 Å². The molecule has 1 aromatic heterocycles. The molecule has 3 aromatic carbocycles. The summed E-state index contributed by atoms with van der Waals surface area (Å²) >= 11 is 6.00. The fourth-order valence-electron chi connectivity index (χ4n) is 4.36. The Morgan fingerprint density at radius 1 is 0.950 bits per heavy atom. The zero-order chi connectivity index (χ0) is 28.8. The molecule has 208 valence electrons. The monoisotopic (exact) mass is 558 g/mol. The van der Waals surface area contributed by atoms with Crippen LogP contribution >= 0.6 is 11.6 Å². The van der Waals surface area contributed by atoms with Gasteiger partial charge in [-0.25, -0.2) is 4.98 Å². The molecule has 0 fully saturated rings. The second-order valence-corrected chi connectivity index (χ2v) is 10.9. The van der Waals surface area contributed by atoms with Crippen LogP contribution in [0.4, 0.5) is 5.95 Å². The van der Waals surface area contributed by atoms with Crippen molar-refractivity contribution in [2.45, 2.75) is 33.6 Å². The van der Waals surface area contributed by atoms with Gasteiger partial charge < -0.3 is 9.64 Å². The van der Waals surface area contributed by atoms with Gasteiger partial charge in [-0.3, -0.25) is 19.5 Å². The van der Waals surface area contributed by atoms with Gasteiger partial charge in [-0.05, 0) is 78.1 Å². The highest BCUT2D eigenvalue weighted by Gasteiger charge is 2.22. The lowest BCUT2D eigenvalue weighted by atomic mass is 10.0. The standard InChI is InChI=1S/C32H35ClN4O3/c1-21(2)18-36(31(39)25-6-12-26(33)13-7-25)20-30(38)35-32-34-29(24-10-16-28(40-5)17-11-24)19-37(32)27-14-8-23(9-15-27)22(3)4/h6-17,19,21-22H,18,20H2,1-5H3,(H,34,35,38). The minimum absolute atomic E-state index is 0.114. The first-order valence-corrected chi connectivity index (χ1v) is 13.7. The first-order chi connectivity index (χ1) is 19.1. The van der Waals surface area contributed by atoms with Crippen molar-refractivity contribution in [1.82, 2.24) is 14.5 Å². The molecule has 0 radical (unpaired) electrons. The number of nitrogens with one attached hydrogen (secondary N) is 1. The number of halogens is 1. The van der Waals surface area contributed by atoms with Crippen LogP contribution in [0.3, 0.4) is 0 Å². The number of carbonyl (C=O) groups excluding carboxylic acids is 2. The smallest absolute Gasteiger partial charge is 0.254 e. The van der Waals surface area contributed by atoms with Crippen LogP contribution in [0.5, 0.6) is 5.75 Å². The molecule has 0 saturated heterocycles. The Morgan fingerprint density at radius 2 is 1.60 bits per heavy atom. The average Bonchev–Trinajstić information content (AvgIpc) is 3.36. The summed E-state index contributed by atoms with van der Waals surface area (Å²) in [6, 6.07) is 22.5. The Bertz CT molecular complexity index is 1440. The molecule has 0 aliphatic heterocycles. The zero-order valence-corrected chi connectivity index (χ0v) is 24.3. The van der Waals surface area contributed by atoms with Gasteiger partial charge in [0.25, 0.3) is 5.91 Å². The molecule has 7 nitrogen and oxygen atoms in total. The van der Waals surface area contributed by atoms with Gasteiger partial charge >= 0.3 is 0 Å². The lowest BCUT2D eigenvalue weighted by Crippen LogP contribution is -2.40. The molecule has 0 unspecified atom stereocenters. The number of methoxy groups -OCH3 is 1. The number of ether oxygens (including phenoxy) is 1. The van der Waals surface area contributed by atoms with Crippen molar-refractivity contribution in [2.75, 3.05) is 25.5 Å². The van der Waals surface area contributed by atoms with Crippen molar-refractivity contribution >= 4 is 29.4 Å². The largest absolute Gasteiger partial charge is 0.497 e. The van der Waals surface area contributed by atoms with Crippen LogP contribution in [0.25, 0.3) is 16.9 Å². The van der Waals surface area contributed by atoms with E-state index in [1.54, 1.807) is 36.3 Å². The maximum Gasteiger partial charge on any atom is 0.254 e. The van der Waals surface area contributed by atoms with Gasteiger partial charge in [0.15, 0.2) is 0 Å². The lowest BCUT2D eigenvalue weighted by molar-refractivity contribution is -0.117. The normalized spacial score (nSPS) is 11.1. The van der Waals surface area contributed by atoms with Crippen molar-refractivity contribution in [3.8, 4) is 22.7 Å². The Balaban J connectivity index is 1.63. The van der Waals surface area contributed by atoms with Crippen molar-refractivity contribution in [2.24, 2.45) is 5.92 Å². The quantitative estimate of drug-likeness (QED) is 0.226. The molecule has 8 heteroatoms. The van der Waals surface area contributed by atoms with E-state index >= 15 is 0 Å². The second-order valence-electron chi connectivity index (χ2n) is 10.4. The first kappa shape index (κ1) is 28.9. The summed E-state index contributed by atoms with van der Waals surface area (Å²) in [5.74, 6) is 1.12. The van der Waals surface area contributed by atoms with Gasteiger partial charge in [0.05, 0.1) is 12.8 Å². The predicted octanol–water partition coefficient (Wildman–Crippen LogP) is 7.06. The van der Waals surface area contributed by atoms with Gasteiger partial charge in [-0.1, -0.05) is 51.4 Å².